The number of fused-ring (bicyclic) bond motifs is 2. The normalized spacial score (nSPS) is 12.0. The number of nitrogens with two attached hydrogens (primary N) is 1. The Morgan fingerprint density at radius 3 is 1.26 bits per heavy atom. The van der Waals surface area contributed by atoms with Crippen molar-refractivity contribution < 1.29 is 66.4 Å². The molecule has 0 saturated heterocycles. The fourth-order valence-electron chi connectivity index (χ4n) is 5.52. The van der Waals surface area contributed by atoms with Crippen molar-refractivity contribution in [3.05, 3.63) is 65.2 Å². The average molecular weight is 876 g/mol. The smallest absolute Gasteiger partial charge is 0.227 e. The summed E-state index contributed by atoms with van der Waals surface area (Å²) in [4.78, 5) is 27.5. The van der Waals surface area contributed by atoms with E-state index in [2.05, 4.69) is 17.2 Å². The van der Waals surface area contributed by atoms with E-state index in [0.29, 0.717) is 178 Å². The van der Waals surface area contributed by atoms with Gasteiger partial charge in [-0.25, -0.2) is 0 Å². The number of para-hydroxylation sites is 1. The van der Waals surface area contributed by atoms with E-state index in [1.54, 1.807) is 4.90 Å². The second-order valence-corrected chi connectivity index (χ2v) is 13.4. The average Bonchev–Trinajstić information content (AvgIpc) is 3.28. The molecule has 2 amide bonds. The van der Waals surface area contributed by atoms with Gasteiger partial charge in [-0.3, -0.25) is 9.59 Å². The summed E-state index contributed by atoms with van der Waals surface area (Å²) in [6.45, 7) is 12.8. The van der Waals surface area contributed by atoms with E-state index in [9.17, 15) is 9.59 Å². The number of hydrogen-bond donors (Lipinski definition) is 2. The molecule has 17 nitrogen and oxygen atoms in total. The van der Waals surface area contributed by atoms with Crippen LogP contribution in [-0.4, -0.2) is 183 Å². The zero-order valence-electron chi connectivity index (χ0n) is 36.4. The number of nitrogens with one attached hydrogen (secondary N) is 1. The molecule has 0 unspecified atom stereocenters. The van der Waals surface area contributed by atoms with Crippen molar-refractivity contribution in [2.24, 2.45) is 5.73 Å². The van der Waals surface area contributed by atoms with Gasteiger partial charge in [0.25, 0.3) is 0 Å². The number of amides is 2. The van der Waals surface area contributed by atoms with E-state index >= 15 is 0 Å². The van der Waals surface area contributed by atoms with Crippen molar-refractivity contribution in [1.29, 1.82) is 0 Å². The van der Waals surface area contributed by atoms with Crippen molar-refractivity contribution in [1.82, 2.24) is 5.32 Å². The minimum absolute atomic E-state index is 0.0848. The Hall–Kier alpha value is -3.58. The molecule has 0 atom stereocenters. The van der Waals surface area contributed by atoms with Gasteiger partial charge in [-0.1, -0.05) is 42.2 Å². The van der Waals surface area contributed by atoms with Crippen LogP contribution in [0.15, 0.2) is 48.5 Å². The van der Waals surface area contributed by atoms with Gasteiger partial charge in [-0.15, -0.1) is 0 Å². The Kier molecular flexibility index (Phi) is 32.3. The van der Waals surface area contributed by atoms with Gasteiger partial charge in [-0.2, -0.15) is 0 Å². The lowest BCUT2D eigenvalue weighted by molar-refractivity contribution is -0.125. The van der Waals surface area contributed by atoms with Crippen molar-refractivity contribution >= 4 is 17.5 Å². The molecule has 0 fully saturated rings. The number of benzene rings is 2. The van der Waals surface area contributed by atoms with E-state index in [1.165, 1.54) is 0 Å². The number of carbonyl (C=O) groups is 2. The van der Waals surface area contributed by atoms with Gasteiger partial charge in [0.1, 0.15) is 0 Å². The third-order valence-electron chi connectivity index (χ3n) is 8.66. The zero-order chi connectivity index (χ0) is 43.8. The molecule has 0 saturated carbocycles. The van der Waals surface area contributed by atoms with Gasteiger partial charge in [0.05, 0.1) is 171 Å². The summed E-state index contributed by atoms with van der Waals surface area (Å²) in [7, 11) is 0. The first-order valence-corrected chi connectivity index (χ1v) is 21.6. The quantitative estimate of drug-likeness (QED) is 0.0730. The fourth-order valence-corrected chi connectivity index (χ4v) is 5.52. The highest BCUT2D eigenvalue weighted by Crippen LogP contribution is 2.26. The number of hydrogen-bond acceptors (Lipinski definition) is 15. The van der Waals surface area contributed by atoms with Gasteiger partial charge in [0, 0.05) is 37.1 Å². The topological polar surface area (TPSA) is 186 Å². The van der Waals surface area contributed by atoms with Crippen molar-refractivity contribution in [3.63, 3.8) is 0 Å². The first-order chi connectivity index (χ1) is 30.7. The number of anilines is 1. The maximum atomic E-state index is 13.3. The third-order valence-corrected chi connectivity index (χ3v) is 8.66. The molecule has 0 radical (unpaired) electrons. The van der Waals surface area contributed by atoms with Crippen LogP contribution in [0.3, 0.4) is 0 Å². The van der Waals surface area contributed by atoms with E-state index in [1.807, 2.05) is 48.5 Å². The molecule has 1 heterocycles. The van der Waals surface area contributed by atoms with Crippen molar-refractivity contribution in [2.75, 3.05) is 177 Å². The number of nitrogens with zero attached hydrogens (tertiary/aromatic N) is 1. The van der Waals surface area contributed by atoms with Gasteiger partial charge < -0.3 is 72.8 Å². The van der Waals surface area contributed by atoms with Gasteiger partial charge in [0.2, 0.25) is 11.8 Å². The first-order valence-electron chi connectivity index (χ1n) is 21.6. The molecule has 348 valence electrons. The molecule has 3 N–H and O–H groups in total. The molecule has 0 aliphatic carbocycles. The Balaban J connectivity index is 0.974. The summed E-state index contributed by atoms with van der Waals surface area (Å²) in [6.07, 6.45) is 0.171. The lowest BCUT2D eigenvalue weighted by Crippen LogP contribution is -2.34. The van der Waals surface area contributed by atoms with Crippen LogP contribution in [0, 0.1) is 11.8 Å². The van der Waals surface area contributed by atoms with E-state index in [0.717, 1.165) is 22.4 Å². The van der Waals surface area contributed by atoms with Gasteiger partial charge in [-0.05, 0) is 23.8 Å². The standard InChI is InChI=1S/C45H69N3O14/c46-13-15-51-17-19-53-21-23-55-25-27-57-29-31-59-33-35-61-37-38-62-36-34-60-32-30-58-28-26-56-24-22-54-20-18-52-16-14-47-44(49)11-12-45(50)48-39-42-7-2-1-5-40(42)9-10-41-6-3-4-8-43(41)48/h1-8H,11-39,46H2,(H,47,49). The molecule has 0 spiro atoms. The highest BCUT2D eigenvalue weighted by Gasteiger charge is 2.21. The molecule has 0 aromatic heterocycles. The fraction of sp³-hybridized carbons (Fsp3) is 0.644. The Bertz CT molecular complexity index is 1490. The summed E-state index contributed by atoms with van der Waals surface area (Å²) in [5.41, 5.74) is 8.74. The maximum absolute atomic E-state index is 13.3. The Morgan fingerprint density at radius 2 is 0.823 bits per heavy atom. The molecular formula is C45H69N3O14. The van der Waals surface area contributed by atoms with Crippen LogP contribution < -0.4 is 16.0 Å². The van der Waals surface area contributed by atoms with Crippen LogP contribution in [0.5, 0.6) is 0 Å². The summed E-state index contributed by atoms with van der Waals surface area (Å²) >= 11 is 0. The molecule has 17 heteroatoms. The van der Waals surface area contributed by atoms with Crippen LogP contribution in [0.2, 0.25) is 0 Å². The maximum Gasteiger partial charge on any atom is 0.227 e. The number of ether oxygens (including phenoxy) is 12. The molecule has 1 aliphatic rings. The largest absolute Gasteiger partial charge is 0.378 e. The highest BCUT2D eigenvalue weighted by atomic mass is 16.6. The molecule has 3 rings (SSSR count). The lowest BCUT2D eigenvalue weighted by Gasteiger charge is -2.26. The Labute approximate surface area is 367 Å². The van der Waals surface area contributed by atoms with Crippen LogP contribution in [0.25, 0.3) is 0 Å². The van der Waals surface area contributed by atoms with E-state index in [4.69, 9.17) is 62.6 Å². The number of carbonyl (C=O) groups excluding carboxylic acids is 2. The zero-order valence-corrected chi connectivity index (χ0v) is 36.4. The predicted octanol–water partition coefficient (Wildman–Crippen LogP) is 1.99. The summed E-state index contributed by atoms with van der Waals surface area (Å²) in [5, 5.41) is 2.82. The summed E-state index contributed by atoms with van der Waals surface area (Å²) in [6, 6.07) is 15.4. The molecular weight excluding hydrogens is 807 g/mol. The number of rotatable bonds is 41. The predicted molar refractivity (Wildman–Crippen MR) is 231 cm³/mol. The van der Waals surface area contributed by atoms with Crippen molar-refractivity contribution in [3.8, 4) is 11.8 Å². The summed E-state index contributed by atoms with van der Waals surface area (Å²) in [5.74, 6) is 6.07. The van der Waals surface area contributed by atoms with Gasteiger partial charge >= 0.3 is 0 Å². The first kappa shape index (κ1) is 52.8. The SMILES string of the molecule is NCCOCCOCCOCCOCCOCCOCCOCCOCCOCCOCCOCCOCCNC(=O)CCC(=O)N1Cc2ccccc2C#Cc2ccccc21. The minimum atomic E-state index is -0.202. The second kappa shape index (κ2) is 37.9. The second-order valence-electron chi connectivity index (χ2n) is 13.4. The lowest BCUT2D eigenvalue weighted by atomic mass is 10.0. The van der Waals surface area contributed by atoms with Crippen molar-refractivity contribution in [2.45, 2.75) is 19.4 Å². The molecule has 2 aromatic rings. The molecule has 0 bridgehead atoms. The van der Waals surface area contributed by atoms with Crippen LogP contribution in [-0.2, 0) is 73.0 Å². The Morgan fingerprint density at radius 1 is 0.468 bits per heavy atom. The monoisotopic (exact) mass is 875 g/mol. The van der Waals surface area contributed by atoms with E-state index < -0.39 is 0 Å². The van der Waals surface area contributed by atoms with E-state index in [-0.39, 0.29) is 24.7 Å². The van der Waals surface area contributed by atoms with Crippen LogP contribution in [0.4, 0.5) is 5.69 Å². The van der Waals surface area contributed by atoms with Gasteiger partial charge in [0.15, 0.2) is 0 Å². The minimum Gasteiger partial charge on any atom is -0.378 e. The summed E-state index contributed by atoms with van der Waals surface area (Å²) < 4.78 is 65.6. The molecule has 1 aliphatic heterocycles. The van der Waals surface area contributed by atoms with Crippen LogP contribution >= 0.6 is 0 Å². The molecule has 62 heavy (non-hydrogen) atoms. The molecule has 2 aromatic carbocycles. The highest BCUT2D eigenvalue weighted by molar-refractivity contribution is 5.96. The van der Waals surface area contributed by atoms with Crippen LogP contribution in [0.1, 0.15) is 29.5 Å². The third kappa shape index (κ3) is 26.8.